The lowest BCUT2D eigenvalue weighted by Gasteiger charge is -2.30. The molecule has 0 spiro atoms. The largest absolute Gasteiger partial charge is 0.497 e. The number of nitriles is 1. The van der Waals surface area contributed by atoms with Crippen LogP contribution in [0.3, 0.4) is 0 Å². The predicted octanol–water partition coefficient (Wildman–Crippen LogP) is 5.41. The van der Waals surface area contributed by atoms with Gasteiger partial charge in [0.05, 0.1) is 24.4 Å². The van der Waals surface area contributed by atoms with Gasteiger partial charge in [0.2, 0.25) is 0 Å². The van der Waals surface area contributed by atoms with Crippen LogP contribution in [0.25, 0.3) is 6.08 Å². The summed E-state index contributed by atoms with van der Waals surface area (Å²) >= 11 is 1.22. The summed E-state index contributed by atoms with van der Waals surface area (Å²) in [4.78, 5) is 18.1. The third-order valence-electron chi connectivity index (χ3n) is 6.42. The van der Waals surface area contributed by atoms with Crippen LogP contribution in [0.1, 0.15) is 5.56 Å². The standard InChI is InChI=1S/C32H25N2O3PS/c1-36-24-18-19-28(37-2)23(20-24)21-30-31(35)34-32(39-30)29(22-33)38(25-12-6-3-7-13-25,26-14-8-4-9-15-26)27-16-10-5-11-17-27/h3-21H,1-2H3. The Morgan fingerprint density at radius 1 is 0.821 bits per heavy atom. The number of ether oxygens (including phenoxy) is 2. The fourth-order valence-electron chi connectivity index (χ4n) is 4.66. The van der Waals surface area contributed by atoms with Crippen LogP contribution in [0.15, 0.2) is 119 Å². The minimum Gasteiger partial charge on any atom is -0.497 e. The van der Waals surface area contributed by atoms with Gasteiger partial charge in [-0.15, -0.1) is 0 Å². The van der Waals surface area contributed by atoms with Gasteiger partial charge in [0.1, 0.15) is 22.6 Å². The van der Waals surface area contributed by atoms with Gasteiger partial charge in [-0.1, -0.05) is 103 Å². The quantitative estimate of drug-likeness (QED) is 0.228. The molecule has 0 saturated heterocycles. The lowest BCUT2D eigenvalue weighted by Crippen LogP contribution is -2.32. The number of carbonyl (C=O) groups excluding carboxylic acids is 1. The van der Waals surface area contributed by atoms with Gasteiger partial charge in [-0.2, -0.15) is 5.26 Å². The Morgan fingerprint density at radius 3 is 1.82 bits per heavy atom. The number of hydrogen-bond acceptors (Lipinski definition) is 5. The van der Waals surface area contributed by atoms with E-state index in [-0.39, 0.29) is 5.91 Å². The fraction of sp³-hybridized carbons (Fsp3) is 0.0625. The Bertz CT molecular complexity index is 1570. The van der Waals surface area contributed by atoms with Crippen LogP contribution in [-0.4, -0.2) is 30.5 Å². The van der Waals surface area contributed by atoms with Crippen molar-refractivity contribution in [3.8, 4) is 17.6 Å². The van der Waals surface area contributed by atoms with Crippen molar-refractivity contribution in [2.75, 3.05) is 14.2 Å². The summed E-state index contributed by atoms with van der Waals surface area (Å²) in [6.07, 6.45) is 1.74. The molecular weight excluding hydrogens is 523 g/mol. The number of carbonyl (C=O) groups is 1. The van der Waals surface area contributed by atoms with Crippen LogP contribution in [-0.2, 0) is 4.79 Å². The number of thioether (sulfide) groups is 1. The highest BCUT2D eigenvalue weighted by molar-refractivity contribution is 8.22. The fourth-order valence-corrected chi connectivity index (χ4v) is 10.0. The molecule has 5 nitrogen and oxygen atoms in total. The zero-order valence-corrected chi connectivity index (χ0v) is 23.2. The number of rotatable bonds is 7. The number of amides is 1. The van der Waals surface area contributed by atoms with E-state index in [1.165, 1.54) is 11.8 Å². The Balaban J connectivity index is 1.77. The monoisotopic (exact) mass is 548 g/mol. The molecular formula is C32H25N2O3PS. The molecule has 4 aromatic carbocycles. The molecule has 0 radical (unpaired) electrons. The van der Waals surface area contributed by atoms with Crippen LogP contribution < -0.4 is 25.4 Å². The van der Waals surface area contributed by atoms with Gasteiger partial charge in [0.15, 0.2) is 0 Å². The molecule has 0 fully saturated rings. The molecule has 39 heavy (non-hydrogen) atoms. The normalized spacial score (nSPS) is 14.0. The minimum atomic E-state index is -2.70. The first kappa shape index (κ1) is 26.3. The first-order chi connectivity index (χ1) is 19.1. The number of nitrogens with zero attached hydrogens (tertiary/aromatic N) is 2. The molecule has 192 valence electrons. The second-order valence-electron chi connectivity index (χ2n) is 8.58. The minimum absolute atomic E-state index is 0.389. The van der Waals surface area contributed by atoms with E-state index in [2.05, 4.69) is 47.5 Å². The maximum Gasteiger partial charge on any atom is 0.284 e. The second-order valence-corrected chi connectivity index (χ2v) is 12.9. The van der Waals surface area contributed by atoms with Crippen LogP contribution in [0.2, 0.25) is 0 Å². The van der Waals surface area contributed by atoms with E-state index in [1.54, 1.807) is 32.4 Å². The van der Waals surface area contributed by atoms with E-state index in [4.69, 9.17) is 9.47 Å². The van der Waals surface area contributed by atoms with E-state index in [9.17, 15) is 10.1 Å². The van der Waals surface area contributed by atoms with Crippen molar-refractivity contribution in [3.05, 3.63) is 120 Å². The van der Waals surface area contributed by atoms with Crippen LogP contribution in [0, 0.1) is 11.3 Å². The van der Waals surface area contributed by atoms with Gasteiger partial charge >= 0.3 is 0 Å². The van der Waals surface area contributed by atoms with Crippen molar-refractivity contribution < 1.29 is 14.3 Å². The van der Waals surface area contributed by atoms with Gasteiger partial charge < -0.3 is 9.47 Å². The predicted molar refractivity (Wildman–Crippen MR) is 163 cm³/mol. The molecule has 0 aromatic heterocycles. The maximum absolute atomic E-state index is 13.2. The summed E-state index contributed by atoms with van der Waals surface area (Å²) in [5.74, 6) is 0.861. The number of hydrogen-bond donors (Lipinski definition) is 0. The lowest BCUT2D eigenvalue weighted by atomic mass is 10.1. The van der Waals surface area contributed by atoms with Gasteiger partial charge in [0, 0.05) is 5.56 Å². The zero-order valence-electron chi connectivity index (χ0n) is 21.4. The number of methoxy groups -OCH3 is 2. The molecule has 0 unspecified atom stereocenters. The summed E-state index contributed by atoms with van der Waals surface area (Å²) in [5, 5.41) is 14.8. The van der Waals surface area contributed by atoms with Crippen LogP contribution >= 0.6 is 18.6 Å². The molecule has 7 heteroatoms. The van der Waals surface area contributed by atoms with Gasteiger partial charge in [-0.05, 0) is 47.1 Å². The van der Waals surface area contributed by atoms with Gasteiger partial charge in [-0.3, -0.25) is 4.79 Å². The molecule has 1 heterocycles. The average Bonchev–Trinajstić information content (AvgIpc) is 3.36. The van der Waals surface area contributed by atoms with E-state index in [1.807, 2.05) is 60.7 Å². The Hall–Kier alpha value is -4.30. The average molecular weight is 549 g/mol. The van der Waals surface area contributed by atoms with E-state index in [0.29, 0.717) is 32.3 Å². The highest BCUT2D eigenvalue weighted by atomic mass is 32.2. The topological polar surface area (TPSA) is 71.7 Å². The zero-order chi connectivity index (χ0) is 27.2. The maximum atomic E-state index is 13.2. The molecule has 1 amide bonds. The molecule has 4 aromatic rings. The van der Waals surface area contributed by atoms with Crippen LogP contribution in [0.4, 0.5) is 0 Å². The highest BCUT2D eigenvalue weighted by Crippen LogP contribution is 2.48. The van der Waals surface area contributed by atoms with Gasteiger partial charge in [0.25, 0.3) is 5.91 Å². The Labute approximate surface area is 232 Å². The first-order valence-corrected chi connectivity index (χ1v) is 14.8. The molecule has 1 aliphatic heterocycles. The van der Waals surface area contributed by atoms with Gasteiger partial charge in [-0.25, -0.2) is 4.99 Å². The molecule has 1 aliphatic rings. The van der Waals surface area contributed by atoms with Crippen molar-refractivity contribution in [2.45, 2.75) is 0 Å². The highest BCUT2D eigenvalue weighted by Gasteiger charge is 2.35. The number of aliphatic imine (C=N–C) groups is 1. The molecule has 0 bridgehead atoms. The van der Waals surface area contributed by atoms with Crippen molar-refractivity contribution in [1.29, 1.82) is 5.26 Å². The third kappa shape index (κ3) is 4.95. The number of benzene rings is 4. The molecule has 5 rings (SSSR count). The third-order valence-corrected chi connectivity index (χ3v) is 11.8. The van der Waals surface area contributed by atoms with E-state index >= 15 is 0 Å². The van der Waals surface area contributed by atoms with Crippen molar-refractivity contribution in [3.63, 3.8) is 0 Å². The van der Waals surface area contributed by atoms with Crippen molar-refractivity contribution in [1.82, 2.24) is 0 Å². The van der Waals surface area contributed by atoms with Crippen molar-refractivity contribution in [2.24, 2.45) is 4.99 Å². The Morgan fingerprint density at radius 2 is 1.36 bits per heavy atom. The smallest absolute Gasteiger partial charge is 0.284 e. The molecule has 0 aliphatic carbocycles. The molecule has 0 saturated carbocycles. The van der Waals surface area contributed by atoms with E-state index < -0.39 is 6.89 Å². The van der Waals surface area contributed by atoms with E-state index in [0.717, 1.165) is 15.9 Å². The summed E-state index contributed by atoms with van der Waals surface area (Å²) in [5.41, 5.74) is 0.692. The lowest BCUT2D eigenvalue weighted by molar-refractivity contribution is -0.113. The second kappa shape index (κ2) is 11.6. The van der Waals surface area contributed by atoms with Crippen LogP contribution in [0.5, 0.6) is 11.5 Å². The summed E-state index contributed by atoms with van der Waals surface area (Å²) in [7, 11) is 3.17. The summed E-state index contributed by atoms with van der Waals surface area (Å²) < 4.78 is 10.9. The molecule has 0 atom stereocenters. The first-order valence-electron chi connectivity index (χ1n) is 12.2. The summed E-state index contributed by atoms with van der Waals surface area (Å²) in [6, 6.07) is 38.1. The van der Waals surface area contributed by atoms with Crippen molar-refractivity contribution >= 4 is 56.9 Å². The summed E-state index contributed by atoms with van der Waals surface area (Å²) in [6.45, 7) is -2.70. The molecule has 0 N–H and O–H groups in total. The Kier molecular flexibility index (Phi) is 7.84. The SMILES string of the molecule is COc1ccc(OC)c(C=C2SC(C(C#N)=P(c3ccccc3)(c3ccccc3)c3ccccc3)=NC2=O)c1.